The maximum atomic E-state index is 12.2. The van der Waals surface area contributed by atoms with Crippen molar-refractivity contribution in [1.82, 2.24) is 20.0 Å². The van der Waals surface area contributed by atoms with Crippen LogP contribution in [0.4, 0.5) is 0 Å². The van der Waals surface area contributed by atoms with Crippen LogP contribution in [0.1, 0.15) is 93.4 Å². The molecule has 3 aliphatic heterocycles. The largest absolute Gasteiger partial charge is 0.378 e. The Morgan fingerprint density at radius 2 is 1.50 bits per heavy atom. The molecule has 1 N–H and O–H groups in total. The molecule has 0 spiro atoms. The SMILES string of the molecule is CC(C)(C)N1CC[C@H](C(=O)N2CCCC2)C1.CC1CCC(NC(=O)C(C)C(C)C)CC1.Clc1ccccc1.O=CN1CCOCC1. The number of morpholine rings is 1. The van der Waals surface area contributed by atoms with Crippen molar-refractivity contribution < 1.29 is 19.1 Å². The van der Waals surface area contributed by atoms with Gasteiger partial charge in [-0.25, -0.2) is 0 Å². The molecular formula is C37H63ClN4O4. The van der Waals surface area contributed by atoms with E-state index in [0.717, 1.165) is 75.9 Å². The lowest BCUT2D eigenvalue weighted by molar-refractivity contribution is -0.134. The topological polar surface area (TPSA) is 82.2 Å². The summed E-state index contributed by atoms with van der Waals surface area (Å²) >= 11 is 5.54. The molecule has 1 unspecified atom stereocenters. The van der Waals surface area contributed by atoms with Crippen LogP contribution in [0.5, 0.6) is 0 Å². The minimum absolute atomic E-state index is 0.143. The molecule has 262 valence electrons. The fourth-order valence-electron chi connectivity index (χ4n) is 5.90. The lowest BCUT2D eigenvalue weighted by Crippen LogP contribution is -2.41. The standard InChI is InChI=1S/C13H24N2O.C13H25NO.C6H5Cl.C5H9NO2/c1-13(2,3)15-9-6-11(10-15)12(16)14-7-4-5-8-14;1-9(2)11(4)13(15)14-12-7-5-10(3)6-8-12;7-6-4-2-1-3-5-6;7-5-6-1-3-8-4-2-6/h11H,4-10H2,1-3H3;9-12H,5-8H2,1-4H3,(H,14,15);1-5H;5H,1-4H2/t11-;;;/m0.../s1. The van der Waals surface area contributed by atoms with E-state index in [4.69, 9.17) is 16.3 Å². The van der Waals surface area contributed by atoms with Crippen molar-refractivity contribution in [2.24, 2.45) is 23.7 Å². The van der Waals surface area contributed by atoms with Crippen molar-refractivity contribution >= 4 is 29.8 Å². The van der Waals surface area contributed by atoms with E-state index in [0.29, 0.717) is 31.1 Å². The van der Waals surface area contributed by atoms with E-state index in [2.05, 4.69) is 56.7 Å². The summed E-state index contributed by atoms with van der Waals surface area (Å²) in [6.07, 6.45) is 9.16. The number of benzene rings is 1. The maximum Gasteiger partial charge on any atom is 0.227 e. The second-order valence-electron chi connectivity index (χ2n) is 14.7. The molecule has 1 aromatic rings. The summed E-state index contributed by atoms with van der Waals surface area (Å²) in [6.45, 7) is 22.1. The fourth-order valence-corrected chi connectivity index (χ4v) is 6.05. The van der Waals surface area contributed by atoms with Gasteiger partial charge in [0.2, 0.25) is 18.2 Å². The van der Waals surface area contributed by atoms with E-state index in [1.807, 2.05) is 37.3 Å². The third-order valence-electron chi connectivity index (χ3n) is 9.61. The minimum atomic E-state index is 0.143. The van der Waals surface area contributed by atoms with E-state index in [1.54, 1.807) is 4.90 Å². The zero-order valence-corrected chi connectivity index (χ0v) is 30.6. The molecule has 4 aliphatic rings. The number of ether oxygens (including phenoxy) is 1. The smallest absolute Gasteiger partial charge is 0.227 e. The first-order valence-corrected chi connectivity index (χ1v) is 18.0. The third kappa shape index (κ3) is 15.2. The molecule has 5 rings (SSSR count). The number of likely N-dealkylation sites (tertiary alicyclic amines) is 2. The van der Waals surface area contributed by atoms with E-state index < -0.39 is 0 Å². The molecule has 8 nitrogen and oxygen atoms in total. The Labute approximate surface area is 284 Å². The second kappa shape index (κ2) is 20.9. The van der Waals surface area contributed by atoms with Gasteiger partial charge in [-0.2, -0.15) is 0 Å². The summed E-state index contributed by atoms with van der Waals surface area (Å²) in [6, 6.07) is 9.88. The Hall–Kier alpha value is -2.16. The van der Waals surface area contributed by atoms with Gasteiger partial charge in [0, 0.05) is 55.2 Å². The zero-order valence-electron chi connectivity index (χ0n) is 29.8. The van der Waals surface area contributed by atoms with E-state index in [9.17, 15) is 14.4 Å². The molecule has 3 heterocycles. The van der Waals surface area contributed by atoms with Crippen molar-refractivity contribution in [2.75, 3.05) is 52.5 Å². The van der Waals surface area contributed by atoms with Gasteiger partial charge >= 0.3 is 0 Å². The second-order valence-corrected chi connectivity index (χ2v) is 15.1. The number of rotatable bonds is 5. The van der Waals surface area contributed by atoms with Crippen LogP contribution in [0, 0.1) is 23.7 Å². The van der Waals surface area contributed by atoms with Gasteiger partial charge in [0.05, 0.1) is 19.1 Å². The van der Waals surface area contributed by atoms with Crippen molar-refractivity contribution in [2.45, 2.75) is 105 Å². The third-order valence-corrected chi connectivity index (χ3v) is 9.86. The van der Waals surface area contributed by atoms with Gasteiger partial charge < -0.3 is 19.9 Å². The van der Waals surface area contributed by atoms with Crippen molar-refractivity contribution in [3.05, 3.63) is 35.4 Å². The molecule has 0 radical (unpaired) electrons. The van der Waals surface area contributed by atoms with Crippen LogP contribution in [0.3, 0.4) is 0 Å². The average Bonchev–Trinajstić information content (AvgIpc) is 3.77. The Balaban J connectivity index is 0.000000226. The van der Waals surface area contributed by atoms with Gasteiger partial charge in [-0.15, -0.1) is 0 Å². The molecule has 4 fully saturated rings. The summed E-state index contributed by atoms with van der Waals surface area (Å²) in [5, 5.41) is 3.98. The molecule has 2 atom stereocenters. The number of nitrogens with one attached hydrogen (secondary N) is 1. The van der Waals surface area contributed by atoms with E-state index >= 15 is 0 Å². The molecule has 1 aliphatic carbocycles. The normalized spacial score (nSPS) is 24.0. The Morgan fingerprint density at radius 3 is 1.93 bits per heavy atom. The molecular weight excluding hydrogens is 600 g/mol. The summed E-state index contributed by atoms with van der Waals surface area (Å²) in [7, 11) is 0. The molecule has 3 saturated heterocycles. The summed E-state index contributed by atoms with van der Waals surface area (Å²) < 4.78 is 5.00. The number of halogens is 1. The fraction of sp³-hybridized carbons (Fsp3) is 0.757. The van der Waals surface area contributed by atoms with Gasteiger partial charge in [0.1, 0.15) is 0 Å². The summed E-state index contributed by atoms with van der Waals surface area (Å²) in [4.78, 5) is 40.3. The van der Waals surface area contributed by atoms with Crippen LogP contribution in [0.25, 0.3) is 0 Å². The molecule has 0 bridgehead atoms. The van der Waals surface area contributed by atoms with Crippen molar-refractivity contribution in [3.63, 3.8) is 0 Å². The number of carbonyl (C=O) groups is 3. The van der Waals surface area contributed by atoms with Crippen molar-refractivity contribution in [1.29, 1.82) is 0 Å². The number of amides is 3. The van der Waals surface area contributed by atoms with Crippen LogP contribution >= 0.6 is 11.6 Å². The molecule has 46 heavy (non-hydrogen) atoms. The highest BCUT2D eigenvalue weighted by molar-refractivity contribution is 6.30. The first kappa shape index (κ1) is 40.0. The predicted molar refractivity (Wildman–Crippen MR) is 189 cm³/mol. The van der Waals surface area contributed by atoms with Crippen LogP contribution in [0.2, 0.25) is 5.02 Å². The lowest BCUT2D eigenvalue weighted by atomic mass is 9.87. The molecule has 1 saturated carbocycles. The molecule has 3 amide bonds. The first-order chi connectivity index (χ1) is 21.8. The van der Waals surface area contributed by atoms with E-state index in [-0.39, 0.29) is 23.3 Å². The van der Waals surface area contributed by atoms with Gasteiger partial charge in [-0.3, -0.25) is 19.3 Å². The number of hydrogen-bond acceptors (Lipinski definition) is 5. The van der Waals surface area contributed by atoms with Crippen LogP contribution in [-0.2, 0) is 19.1 Å². The molecule has 9 heteroatoms. The van der Waals surface area contributed by atoms with Crippen LogP contribution in [0.15, 0.2) is 30.3 Å². The number of nitrogens with zero attached hydrogens (tertiary/aromatic N) is 3. The minimum Gasteiger partial charge on any atom is -0.378 e. The highest BCUT2D eigenvalue weighted by Gasteiger charge is 2.36. The number of hydrogen-bond donors (Lipinski definition) is 1. The predicted octanol–water partition coefficient (Wildman–Crippen LogP) is 6.52. The van der Waals surface area contributed by atoms with Gasteiger partial charge in [0.25, 0.3) is 0 Å². The lowest BCUT2D eigenvalue weighted by Gasteiger charge is -2.31. The Bertz CT molecular complexity index is 998. The summed E-state index contributed by atoms with van der Waals surface area (Å²) in [5.41, 5.74) is 0.208. The highest BCUT2D eigenvalue weighted by Crippen LogP contribution is 2.27. The Morgan fingerprint density at radius 1 is 0.913 bits per heavy atom. The van der Waals surface area contributed by atoms with Gasteiger partial charge in [0.15, 0.2) is 0 Å². The van der Waals surface area contributed by atoms with Crippen LogP contribution < -0.4 is 5.32 Å². The number of carbonyl (C=O) groups excluding carboxylic acids is 3. The Kier molecular flexibility index (Phi) is 18.2. The molecule has 1 aromatic carbocycles. The van der Waals surface area contributed by atoms with Gasteiger partial charge in [-0.05, 0) is 96.2 Å². The van der Waals surface area contributed by atoms with Crippen LogP contribution in [-0.4, -0.2) is 97.0 Å². The first-order valence-electron chi connectivity index (χ1n) is 17.6. The quantitative estimate of drug-likeness (QED) is 0.363. The molecule has 0 aromatic heterocycles. The van der Waals surface area contributed by atoms with E-state index in [1.165, 1.54) is 25.7 Å². The summed E-state index contributed by atoms with van der Waals surface area (Å²) in [5.74, 6) is 2.34. The van der Waals surface area contributed by atoms with Gasteiger partial charge in [-0.1, -0.05) is 57.5 Å². The zero-order chi connectivity index (χ0) is 34.1. The van der Waals surface area contributed by atoms with Crippen molar-refractivity contribution in [3.8, 4) is 0 Å². The average molecular weight is 663 g/mol. The highest BCUT2D eigenvalue weighted by atomic mass is 35.5. The maximum absolute atomic E-state index is 12.2. The monoisotopic (exact) mass is 662 g/mol.